The van der Waals surface area contributed by atoms with Gasteiger partial charge >= 0.3 is 5.97 Å². The highest BCUT2D eigenvalue weighted by Gasteiger charge is 2.25. The van der Waals surface area contributed by atoms with Crippen molar-refractivity contribution in [3.63, 3.8) is 0 Å². The van der Waals surface area contributed by atoms with Crippen LogP contribution in [-0.2, 0) is 19.5 Å². The van der Waals surface area contributed by atoms with Gasteiger partial charge < -0.3 is 18.6 Å². The van der Waals surface area contributed by atoms with Crippen LogP contribution in [0.1, 0.15) is 22.2 Å². The van der Waals surface area contributed by atoms with Crippen molar-refractivity contribution in [3.8, 4) is 5.75 Å². The Hall–Kier alpha value is -2.88. The van der Waals surface area contributed by atoms with E-state index in [-0.39, 0.29) is 22.8 Å². The van der Waals surface area contributed by atoms with Gasteiger partial charge in [-0.3, -0.25) is 0 Å². The number of para-hydroxylation sites is 1. The molecule has 0 radical (unpaired) electrons. The number of sulfonamides is 1. The molecule has 0 saturated heterocycles. The number of rotatable bonds is 8. The van der Waals surface area contributed by atoms with Gasteiger partial charge in [0.15, 0.2) is 0 Å². The van der Waals surface area contributed by atoms with E-state index in [0.717, 1.165) is 5.39 Å². The molecule has 0 fully saturated rings. The molecule has 154 valence electrons. The minimum absolute atomic E-state index is 0.0791. The monoisotopic (exact) mass is 419 g/mol. The van der Waals surface area contributed by atoms with Gasteiger partial charge in [-0.05, 0) is 30.3 Å². The van der Waals surface area contributed by atoms with Crippen molar-refractivity contribution in [2.24, 2.45) is 0 Å². The Labute approximate surface area is 168 Å². The largest absolute Gasteiger partial charge is 0.495 e. The van der Waals surface area contributed by atoms with Crippen LogP contribution in [0.2, 0.25) is 0 Å². The molecule has 1 heterocycles. The van der Waals surface area contributed by atoms with Gasteiger partial charge in [-0.15, -0.1) is 0 Å². The fourth-order valence-electron chi connectivity index (χ4n) is 2.86. The summed E-state index contributed by atoms with van der Waals surface area (Å²) in [7, 11) is 0.0115. The second kappa shape index (κ2) is 8.64. The molecule has 8 nitrogen and oxygen atoms in total. The summed E-state index contributed by atoms with van der Waals surface area (Å²) in [6.45, 7) is -0.0791. The van der Waals surface area contributed by atoms with Crippen LogP contribution in [0.4, 0.5) is 0 Å². The lowest BCUT2D eigenvalue weighted by atomic mass is 10.2. The first-order valence-corrected chi connectivity index (χ1v) is 10.1. The third-order valence-electron chi connectivity index (χ3n) is 4.38. The van der Waals surface area contributed by atoms with E-state index in [9.17, 15) is 13.2 Å². The van der Waals surface area contributed by atoms with E-state index in [2.05, 4.69) is 9.46 Å². The van der Waals surface area contributed by atoms with Crippen LogP contribution in [0.3, 0.4) is 0 Å². The predicted octanol–water partition coefficient (Wildman–Crippen LogP) is 2.89. The normalized spacial score (nSPS) is 12.7. The molecule has 0 aliphatic carbocycles. The second-order valence-electron chi connectivity index (χ2n) is 6.12. The van der Waals surface area contributed by atoms with Crippen molar-refractivity contribution in [1.82, 2.24) is 4.72 Å². The van der Waals surface area contributed by atoms with E-state index in [1.807, 2.05) is 24.3 Å². The quantitative estimate of drug-likeness (QED) is 0.560. The van der Waals surface area contributed by atoms with Crippen LogP contribution in [0.25, 0.3) is 11.0 Å². The lowest BCUT2D eigenvalue weighted by Gasteiger charge is -2.16. The van der Waals surface area contributed by atoms with Gasteiger partial charge in [0.25, 0.3) is 0 Å². The summed E-state index contributed by atoms with van der Waals surface area (Å²) in [5, 5.41) is 0.889. The number of carbonyl (C=O) groups is 1. The highest BCUT2D eigenvalue weighted by Crippen LogP contribution is 2.28. The number of ether oxygens (including phenoxy) is 3. The summed E-state index contributed by atoms with van der Waals surface area (Å²) in [5.74, 6) is -0.0596. The van der Waals surface area contributed by atoms with Crippen molar-refractivity contribution in [3.05, 3.63) is 59.9 Å². The fourth-order valence-corrected chi connectivity index (χ4v) is 4.08. The zero-order valence-corrected chi connectivity index (χ0v) is 17.0. The molecular formula is C20H21NO7S. The summed E-state index contributed by atoms with van der Waals surface area (Å²) >= 11 is 0. The standard InChI is InChI=1S/C20H21NO7S/c1-25-16-9-8-14(20(22)27-3)11-19(16)29(23,24)21-12-18(26-2)17-10-13-6-4-5-7-15(13)28-17/h4-11,18,21H,12H2,1-3H3/t18-/m0/s1. The highest BCUT2D eigenvalue weighted by molar-refractivity contribution is 7.89. The van der Waals surface area contributed by atoms with Gasteiger partial charge in [-0.2, -0.15) is 0 Å². The van der Waals surface area contributed by atoms with Crippen molar-refractivity contribution in [2.75, 3.05) is 27.9 Å². The number of carbonyl (C=O) groups excluding carboxylic acids is 1. The van der Waals surface area contributed by atoms with Crippen molar-refractivity contribution in [1.29, 1.82) is 0 Å². The average Bonchev–Trinajstić information content (AvgIpc) is 3.17. The van der Waals surface area contributed by atoms with Gasteiger partial charge in [-0.1, -0.05) is 18.2 Å². The number of esters is 1. The Morgan fingerprint density at radius 1 is 1.10 bits per heavy atom. The van der Waals surface area contributed by atoms with Crippen LogP contribution in [0.5, 0.6) is 5.75 Å². The van der Waals surface area contributed by atoms with Gasteiger partial charge in [-0.25, -0.2) is 17.9 Å². The highest BCUT2D eigenvalue weighted by atomic mass is 32.2. The van der Waals surface area contributed by atoms with E-state index in [1.165, 1.54) is 39.5 Å². The number of methoxy groups -OCH3 is 3. The molecule has 1 aromatic heterocycles. The zero-order chi connectivity index (χ0) is 21.0. The number of hydrogen-bond donors (Lipinski definition) is 1. The molecule has 0 saturated carbocycles. The minimum atomic E-state index is -4.01. The molecule has 9 heteroatoms. The fraction of sp³-hybridized carbons (Fsp3) is 0.250. The number of benzene rings is 2. The topological polar surface area (TPSA) is 104 Å². The zero-order valence-electron chi connectivity index (χ0n) is 16.2. The van der Waals surface area contributed by atoms with Crippen LogP contribution in [-0.4, -0.2) is 42.3 Å². The summed E-state index contributed by atoms with van der Waals surface area (Å²) in [6.07, 6.45) is -0.646. The first-order valence-electron chi connectivity index (χ1n) is 8.67. The van der Waals surface area contributed by atoms with Crippen LogP contribution in [0.15, 0.2) is 57.8 Å². The number of hydrogen-bond acceptors (Lipinski definition) is 7. The predicted molar refractivity (Wildman–Crippen MR) is 105 cm³/mol. The first kappa shape index (κ1) is 20.8. The maximum Gasteiger partial charge on any atom is 0.337 e. The minimum Gasteiger partial charge on any atom is -0.495 e. The molecule has 0 spiro atoms. The summed E-state index contributed by atoms with van der Waals surface area (Å²) in [6, 6.07) is 13.3. The van der Waals surface area contributed by atoms with E-state index >= 15 is 0 Å². The van der Waals surface area contributed by atoms with Gasteiger partial charge in [0, 0.05) is 19.0 Å². The second-order valence-corrected chi connectivity index (χ2v) is 7.86. The molecule has 0 unspecified atom stereocenters. The Kier molecular flexibility index (Phi) is 6.21. The maximum absolute atomic E-state index is 12.9. The molecule has 1 N–H and O–H groups in total. The third kappa shape index (κ3) is 4.42. The van der Waals surface area contributed by atoms with Gasteiger partial charge in [0.05, 0.1) is 19.8 Å². The summed E-state index contributed by atoms with van der Waals surface area (Å²) < 4.78 is 49.2. The third-order valence-corrected chi connectivity index (χ3v) is 5.82. The van der Waals surface area contributed by atoms with Crippen molar-refractivity contribution < 1.29 is 31.8 Å². The Morgan fingerprint density at radius 3 is 2.52 bits per heavy atom. The van der Waals surface area contributed by atoms with Gasteiger partial charge in [0.2, 0.25) is 10.0 Å². The Morgan fingerprint density at radius 2 is 1.86 bits per heavy atom. The van der Waals surface area contributed by atoms with Gasteiger partial charge in [0.1, 0.15) is 28.1 Å². The smallest absolute Gasteiger partial charge is 0.337 e. The molecule has 1 atom stereocenters. The maximum atomic E-state index is 12.9. The molecule has 0 amide bonds. The van der Waals surface area contributed by atoms with Crippen LogP contribution in [0, 0.1) is 0 Å². The van der Waals surface area contributed by atoms with Crippen LogP contribution < -0.4 is 9.46 Å². The molecule has 3 aromatic rings. The van der Waals surface area contributed by atoms with E-state index in [1.54, 1.807) is 6.07 Å². The van der Waals surface area contributed by atoms with E-state index in [4.69, 9.17) is 13.9 Å². The number of furan rings is 1. The van der Waals surface area contributed by atoms with E-state index < -0.39 is 22.1 Å². The van der Waals surface area contributed by atoms with Crippen molar-refractivity contribution in [2.45, 2.75) is 11.0 Å². The summed E-state index contributed by atoms with van der Waals surface area (Å²) in [4.78, 5) is 11.6. The molecule has 29 heavy (non-hydrogen) atoms. The molecular weight excluding hydrogens is 398 g/mol. The first-order chi connectivity index (χ1) is 13.9. The molecule has 2 aromatic carbocycles. The molecule has 0 aliphatic rings. The molecule has 0 aliphatic heterocycles. The lowest BCUT2D eigenvalue weighted by molar-refractivity contribution is 0.0600. The molecule has 3 rings (SSSR count). The number of fused-ring (bicyclic) bond motifs is 1. The van der Waals surface area contributed by atoms with Crippen LogP contribution >= 0.6 is 0 Å². The molecule has 0 bridgehead atoms. The van der Waals surface area contributed by atoms with E-state index in [0.29, 0.717) is 11.3 Å². The Balaban J connectivity index is 1.85. The Bertz CT molecular complexity index is 1090. The summed E-state index contributed by atoms with van der Waals surface area (Å²) in [5.41, 5.74) is 0.772. The van der Waals surface area contributed by atoms with Crippen molar-refractivity contribution >= 4 is 27.0 Å². The SMILES string of the molecule is COC(=O)c1ccc(OC)c(S(=O)(=O)NC[C@H](OC)c2cc3ccccc3o2)c1. The lowest BCUT2D eigenvalue weighted by Crippen LogP contribution is -2.29. The average molecular weight is 419 g/mol. The number of nitrogens with one attached hydrogen (secondary N) is 1.